The third kappa shape index (κ3) is 3.23. The lowest BCUT2D eigenvalue weighted by atomic mass is 9.89. The zero-order valence-electron chi connectivity index (χ0n) is 16.0. The first-order valence-electron chi connectivity index (χ1n) is 9.45. The molecule has 0 aromatic heterocycles. The molecule has 0 saturated carbocycles. The van der Waals surface area contributed by atoms with Crippen molar-refractivity contribution in [3.05, 3.63) is 90.2 Å². The maximum absolute atomic E-state index is 15.7. The fraction of sp³-hybridized carbons (Fsp3) is 0.0800. The Hall–Kier alpha value is -3.66. The third-order valence-corrected chi connectivity index (χ3v) is 4.95. The highest BCUT2D eigenvalue weighted by molar-refractivity contribution is 6.13. The number of benzene rings is 4. The Kier molecular flexibility index (Phi) is 5.00. The normalized spacial score (nSPS) is 10.8. The van der Waals surface area contributed by atoms with Crippen molar-refractivity contribution in [2.75, 3.05) is 12.3 Å². The number of rotatable bonds is 4. The van der Waals surface area contributed by atoms with Gasteiger partial charge in [0.2, 0.25) is 0 Å². The van der Waals surface area contributed by atoms with Crippen LogP contribution in [0.25, 0.3) is 33.0 Å². The van der Waals surface area contributed by atoms with E-state index in [1.165, 1.54) is 0 Å². The van der Waals surface area contributed by atoms with Gasteiger partial charge in [0.1, 0.15) is 5.82 Å². The average Bonchev–Trinajstić information content (AvgIpc) is 2.75. The number of hydrogen-bond donors (Lipinski definition) is 1. The first-order chi connectivity index (χ1) is 14.1. The van der Waals surface area contributed by atoms with Gasteiger partial charge in [-0.3, -0.25) is 0 Å². The average molecular weight is 385 g/mol. The number of nitrogen functional groups attached to an aromatic ring is 1. The number of halogens is 1. The highest BCUT2D eigenvalue weighted by Gasteiger charge is 2.25. The number of fused-ring (bicyclic) bond motifs is 1. The van der Waals surface area contributed by atoms with E-state index in [2.05, 4.69) is 0 Å². The van der Waals surface area contributed by atoms with Crippen LogP contribution >= 0.6 is 0 Å². The van der Waals surface area contributed by atoms with Crippen LogP contribution in [0, 0.1) is 5.82 Å². The maximum Gasteiger partial charge on any atom is 0.340 e. The van der Waals surface area contributed by atoms with E-state index in [9.17, 15) is 4.79 Å². The largest absolute Gasteiger partial charge is 0.462 e. The van der Waals surface area contributed by atoms with E-state index >= 15 is 4.39 Å². The monoisotopic (exact) mass is 385 g/mol. The molecule has 4 heteroatoms. The van der Waals surface area contributed by atoms with Crippen LogP contribution in [0.5, 0.6) is 0 Å². The van der Waals surface area contributed by atoms with Crippen molar-refractivity contribution in [1.29, 1.82) is 0 Å². The van der Waals surface area contributed by atoms with Gasteiger partial charge in [-0.2, -0.15) is 0 Å². The van der Waals surface area contributed by atoms with Gasteiger partial charge in [-0.25, -0.2) is 9.18 Å². The summed E-state index contributed by atoms with van der Waals surface area (Å²) < 4.78 is 20.9. The smallest absolute Gasteiger partial charge is 0.340 e. The molecule has 0 aliphatic heterocycles. The predicted molar refractivity (Wildman–Crippen MR) is 115 cm³/mol. The van der Waals surface area contributed by atoms with Gasteiger partial charge in [-0.05, 0) is 23.6 Å². The first kappa shape index (κ1) is 18.7. The summed E-state index contributed by atoms with van der Waals surface area (Å²) in [5.74, 6) is -1.01. The molecule has 2 N–H and O–H groups in total. The first-order valence-corrected chi connectivity index (χ1v) is 9.45. The van der Waals surface area contributed by atoms with Crippen molar-refractivity contribution in [3.8, 4) is 22.3 Å². The van der Waals surface area contributed by atoms with E-state index < -0.39 is 11.8 Å². The quantitative estimate of drug-likeness (QED) is 0.342. The van der Waals surface area contributed by atoms with Crippen LogP contribution in [0.3, 0.4) is 0 Å². The third-order valence-electron chi connectivity index (χ3n) is 4.95. The van der Waals surface area contributed by atoms with Gasteiger partial charge in [0.25, 0.3) is 0 Å². The molecule has 0 amide bonds. The van der Waals surface area contributed by atoms with E-state index in [0.29, 0.717) is 16.3 Å². The van der Waals surface area contributed by atoms with Crippen LogP contribution < -0.4 is 5.73 Å². The highest BCUT2D eigenvalue weighted by Crippen LogP contribution is 2.42. The van der Waals surface area contributed by atoms with E-state index in [1.54, 1.807) is 31.2 Å². The minimum absolute atomic E-state index is 0.0861. The fourth-order valence-corrected chi connectivity index (χ4v) is 3.67. The van der Waals surface area contributed by atoms with Crippen molar-refractivity contribution in [2.24, 2.45) is 0 Å². The van der Waals surface area contributed by atoms with E-state index in [0.717, 1.165) is 11.1 Å². The zero-order valence-corrected chi connectivity index (χ0v) is 16.0. The molecule has 0 spiro atoms. The van der Waals surface area contributed by atoms with Gasteiger partial charge < -0.3 is 10.5 Å². The topological polar surface area (TPSA) is 52.3 Å². The molecule has 3 nitrogen and oxygen atoms in total. The van der Waals surface area contributed by atoms with E-state index in [-0.39, 0.29) is 23.4 Å². The molecule has 0 fully saturated rings. The van der Waals surface area contributed by atoms with Crippen LogP contribution in [0.2, 0.25) is 0 Å². The molecule has 4 rings (SSSR count). The summed E-state index contributed by atoms with van der Waals surface area (Å²) in [5.41, 5.74) is 9.32. The predicted octanol–water partition coefficient (Wildman–Crippen LogP) is 6.07. The van der Waals surface area contributed by atoms with Gasteiger partial charge in [0.15, 0.2) is 0 Å². The molecule has 0 bridgehead atoms. The molecular weight excluding hydrogens is 365 g/mol. The molecule has 0 unspecified atom stereocenters. The molecule has 4 aromatic carbocycles. The Balaban J connectivity index is 2.08. The van der Waals surface area contributed by atoms with Crippen LogP contribution in [-0.2, 0) is 4.74 Å². The van der Waals surface area contributed by atoms with Crippen molar-refractivity contribution >= 4 is 22.4 Å². The zero-order chi connectivity index (χ0) is 20.4. The Labute approximate surface area is 168 Å². The molecule has 29 heavy (non-hydrogen) atoms. The second-order valence-corrected chi connectivity index (χ2v) is 6.66. The number of carbonyl (C=O) groups is 1. The lowest BCUT2D eigenvalue weighted by Crippen LogP contribution is -2.11. The van der Waals surface area contributed by atoms with Crippen LogP contribution in [0.15, 0.2) is 78.9 Å². The summed E-state index contributed by atoms with van der Waals surface area (Å²) in [5, 5.41) is 0.782. The number of anilines is 1. The number of carbonyl (C=O) groups excluding carboxylic acids is 1. The van der Waals surface area contributed by atoms with E-state index in [1.807, 2.05) is 54.6 Å². The molecule has 4 aromatic rings. The summed E-state index contributed by atoms with van der Waals surface area (Å²) in [7, 11) is 0. The Morgan fingerprint density at radius 2 is 1.45 bits per heavy atom. The Bertz CT molecular complexity index is 1200. The summed E-state index contributed by atoms with van der Waals surface area (Å²) in [6.45, 7) is 1.94. The van der Waals surface area contributed by atoms with Gasteiger partial charge in [-0.1, -0.05) is 78.9 Å². The molecular formula is C25H20FNO2. The second kappa shape index (κ2) is 7.76. The maximum atomic E-state index is 15.7. The van der Waals surface area contributed by atoms with Crippen LogP contribution in [-0.4, -0.2) is 12.6 Å². The SMILES string of the molecule is CCOC(=O)c1c(N)c(-c2ccccc2-c2ccccc2)c(F)c2ccccc12. The van der Waals surface area contributed by atoms with Gasteiger partial charge in [-0.15, -0.1) is 0 Å². The Morgan fingerprint density at radius 3 is 2.14 bits per heavy atom. The minimum atomic E-state index is -0.556. The second-order valence-electron chi connectivity index (χ2n) is 6.66. The highest BCUT2D eigenvalue weighted by atomic mass is 19.1. The van der Waals surface area contributed by atoms with E-state index in [4.69, 9.17) is 10.5 Å². The van der Waals surface area contributed by atoms with Crippen molar-refractivity contribution in [2.45, 2.75) is 6.92 Å². The Morgan fingerprint density at radius 1 is 0.862 bits per heavy atom. The summed E-state index contributed by atoms with van der Waals surface area (Å²) in [4.78, 5) is 12.7. The van der Waals surface area contributed by atoms with Gasteiger partial charge in [0.05, 0.1) is 17.9 Å². The molecule has 144 valence electrons. The van der Waals surface area contributed by atoms with Gasteiger partial charge in [0, 0.05) is 16.3 Å². The number of esters is 1. The molecule has 0 radical (unpaired) electrons. The molecule has 0 aliphatic carbocycles. The standard InChI is InChI=1S/C25H20FNO2/c1-2-29-25(28)22-19-14-8-9-15-20(19)23(26)21(24(22)27)18-13-7-6-12-17(18)16-10-4-3-5-11-16/h3-15H,2,27H2,1H3. The summed E-state index contributed by atoms with van der Waals surface area (Å²) in [6, 6.07) is 24.0. The van der Waals surface area contributed by atoms with Crippen LogP contribution in [0.1, 0.15) is 17.3 Å². The molecule has 0 heterocycles. The molecule has 0 aliphatic rings. The van der Waals surface area contributed by atoms with Crippen molar-refractivity contribution < 1.29 is 13.9 Å². The van der Waals surface area contributed by atoms with Crippen molar-refractivity contribution in [3.63, 3.8) is 0 Å². The fourth-order valence-electron chi connectivity index (χ4n) is 3.67. The van der Waals surface area contributed by atoms with Crippen LogP contribution in [0.4, 0.5) is 10.1 Å². The lowest BCUT2D eigenvalue weighted by molar-refractivity contribution is 0.0530. The number of ether oxygens (including phenoxy) is 1. The number of nitrogens with two attached hydrogens (primary N) is 1. The summed E-state index contributed by atoms with van der Waals surface area (Å²) >= 11 is 0. The van der Waals surface area contributed by atoms with Crippen molar-refractivity contribution in [1.82, 2.24) is 0 Å². The molecule has 0 atom stereocenters. The summed E-state index contributed by atoms with van der Waals surface area (Å²) in [6.07, 6.45) is 0. The molecule has 0 saturated heterocycles. The lowest BCUT2D eigenvalue weighted by Gasteiger charge is -2.18. The number of hydrogen-bond acceptors (Lipinski definition) is 3. The van der Waals surface area contributed by atoms with Gasteiger partial charge >= 0.3 is 5.97 Å². The minimum Gasteiger partial charge on any atom is -0.462 e.